The fourth-order valence-corrected chi connectivity index (χ4v) is 1.44. The molecule has 0 bridgehead atoms. The molecule has 0 radical (unpaired) electrons. The second-order valence-corrected chi connectivity index (χ2v) is 4.44. The SMILES string of the molecule is O=C(O)c1ccccc1OCC(F)(F)C(F)(F)C(F)(F)C(F)(F)F. The summed E-state index contributed by atoms with van der Waals surface area (Å²) < 4.78 is 118. The summed E-state index contributed by atoms with van der Waals surface area (Å²) in [5.74, 6) is -22.4. The van der Waals surface area contributed by atoms with Crippen molar-refractivity contribution in [2.24, 2.45) is 0 Å². The van der Waals surface area contributed by atoms with Crippen LogP contribution in [0.5, 0.6) is 5.75 Å². The van der Waals surface area contributed by atoms with E-state index in [-0.39, 0.29) is 0 Å². The number of hydrogen-bond donors (Lipinski definition) is 1. The Hall–Kier alpha value is -2.14. The number of benzene rings is 1. The molecule has 1 rings (SSSR count). The van der Waals surface area contributed by atoms with Crippen molar-refractivity contribution in [3.63, 3.8) is 0 Å². The quantitative estimate of drug-likeness (QED) is 0.763. The van der Waals surface area contributed by atoms with Crippen LogP contribution >= 0.6 is 0 Å². The Morgan fingerprint density at radius 1 is 0.917 bits per heavy atom. The molecule has 0 fully saturated rings. The van der Waals surface area contributed by atoms with Crippen LogP contribution in [0.4, 0.5) is 39.5 Å². The molecular weight excluding hydrogens is 363 g/mol. The average molecular weight is 370 g/mol. The van der Waals surface area contributed by atoms with E-state index in [2.05, 4.69) is 4.74 Å². The standard InChI is InChI=1S/C12H7F9O3/c13-9(14,10(15,16)11(17,18)12(19,20)21)5-24-7-4-2-1-3-6(7)8(22)23/h1-4H,5H2,(H,22,23). The lowest BCUT2D eigenvalue weighted by atomic mass is 10.0. The largest absolute Gasteiger partial charge is 0.486 e. The van der Waals surface area contributed by atoms with Gasteiger partial charge in [-0.1, -0.05) is 12.1 Å². The molecular formula is C12H7F9O3. The van der Waals surface area contributed by atoms with E-state index < -0.39 is 47.8 Å². The van der Waals surface area contributed by atoms with Crippen LogP contribution in [0.2, 0.25) is 0 Å². The minimum Gasteiger partial charge on any atom is -0.486 e. The van der Waals surface area contributed by atoms with Crippen LogP contribution < -0.4 is 4.74 Å². The molecule has 0 amide bonds. The highest BCUT2D eigenvalue weighted by Gasteiger charge is 2.81. The Morgan fingerprint density at radius 2 is 1.42 bits per heavy atom. The first-order valence-electron chi connectivity index (χ1n) is 5.80. The van der Waals surface area contributed by atoms with Gasteiger partial charge in [-0.3, -0.25) is 0 Å². The number of para-hydroxylation sites is 1. The van der Waals surface area contributed by atoms with Gasteiger partial charge in [0.05, 0.1) is 0 Å². The summed E-state index contributed by atoms with van der Waals surface area (Å²) >= 11 is 0. The normalized spacial score (nSPS) is 13.7. The van der Waals surface area contributed by atoms with E-state index >= 15 is 0 Å². The molecule has 0 saturated heterocycles. The van der Waals surface area contributed by atoms with E-state index in [0.717, 1.165) is 24.3 Å². The molecule has 1 aromatic carbocycles. The van der Waals surface area contributed by atoms with Crippen molar-refractivity contribution in [2.75, 3.05) is 6.61 Å². The number of carboxylic acid groups (broad SMARTS) is 1. The van der Waals surface area contributed by atoms with Crippen LogP contribution in [0.3, 0.4) is 0 Å². The summed E-state index contributed by atoms with van der Waals surface area (Å²) in [7, 11) is 0. The van der Waals surface area contributed by atoms with Crippen LogP contribution in [-0.4, -0.2) is 41.6 Å². The van der Waals surface area contributed by atoms with Crippen molar-refractivity contribution in [3.05, 3.63) is 29.8 Å². The van der Waals surface area contributed by atoms with Gasteiger partial charge in [0.1, 0.15) is 11.3 Å². The molecule has 12 heteroatoms. The van der Waals surface area contributed by atoms with Crippen LogP contribution in [-0.2, 0) is 0 Å². The lowest BCUT2D eigenvalue weighted by molar-refractivity contribution is -0.398. The number of aromatic carboxylic acids is 1. The fourth-order valence-electron chi connectivity index (χ4n) is 1.44. The number of alkyl halides is 9. The van der Waals surface area contributed by atoms with Gasteiger partial charge < -0.3 is 9.84 Å². The van der Waals surface area contributed by atoms with Gasteiger partial charge in [-0.25, -0.2) is 4.79 Å². The van der Waals surface area contributed by atoms with E-state index in [1.54, 1.807) is 0 Å². The van der Waals surface area contributed by atoms with E-state index in [1.165, 1.54) is 0 Å². The summed E-state index contributed by atoms with van der Waals surface area (Å²) in [4.78, 5) is 10.7. The molecule has 0 aliphatic carbocycles. The number of halogens is 9. The number of carboxylic acids is 1. The first-order valence-corrected chi connectivity index (χ1v) is 5.80. The van der Waals surface area contributed by atoms with E-state index in [4.69, 9.17) is 5.11 Å². The zero-order chi connectivity index (χ0) is 19.0. The van der Waals surface area contributed by atoms with Crippen molar-refractivity contribution >= 4 is 5.97 Å². The minimum atomic E-state index is -7.03. The molecule has 3 nitrogen and oxygen atoms in total. The Morgan fingerprint density at radius 3 is 1.88 bits per heavy atom. The molecule has 0 saturated carbocycles. The minimum absolute atomic E-state index is 0.736. The number of hydrogen-bond acceptors (Lipinski definition) is 2. The topological polar surface area (TPSA) is 46.5 Å². The maximum Gasteiger partial charge on any atom is 0.460 e. The first kappa shape index (κ1) is 19.9. The predicted molar refractivity (Wildman–Crippen MR) is 59.8 cm³/mol. The third-order valence-corrected chi connectivity index (χ3v) is 2.74. The van der Waals surface area contributed by atoms with Crippen molar-refractivity contribution < 1.29 is 54.2 Å². The Kier molecular flexibility index (Phi) is 5.02. The molecule has 0 aromatic heterocycles. The van der Waals surface area contributed by atoms with Gasteiger partial charge >= 0.3 is 29.9 Å². The molecule has 24 heavy (non-hydrogen) atoms. The molecule has 0 aliphatic rings. The maximum absolute atomic E-state index is 13.2. The van der Waals surface area contributed by atoms with Crippen LogP contribution in [0.25, 0.3) is 0 Å². The average Bonchev–Trinajstić information content (AvgIpc) is 2.43. The highest BCUT2D eigenvalue weighted by Crippen LogP contribution is 2.53. The molecule has 0 aliphatic heterocycles. The van der Waals surface area contributed by atoms with Crippen molar-refractivity contribution in [3.8, 4) is 5.75 Å². The summed E-state index contributed by atoms with van der Waals surface area (Å²) in [5.41, 5.74) is -0.779. The number of carbonyl (C=O) groups is 1. The lowest BCUT2D eigenvalue weighted by Gasteiger charge is -2.33. The Labute approximate surface area is 127 Å². The smallest absolute Gasteiger partial charge is 0.460 e. The number of rotatable bonds is 6. The highest BCUT2D eigenvalue weighted by molar-refractivity contribution is 5.90. The van der Waals surface area contributed by atoms with Gasteiger partial charge in [0.2, 0.25) is 0 Å². The fraction of sp³-hybridized carbons (Fsp3) is 0.417. The van der Waals surface area contributed by atoms with Crippen molar-refractivity contribution in [1.82, 2.24) is 0 Å². The molecule has 136 valence electrons. The van der Waals surface area contributed by atoms with Gasteiger partial charge in [0.15, 0.2) is 6.61 Å². The lowest BCUT2D eigenvalue weighted by Crippen LogP contribution is -2.62. The van der Waals surface area contributed by atoms with Gasteiger partial charge in [-0.2, -0.15) is 39.5 Å². The second kappa shape index (κ2) is 6.06. The third-order valence-electron chi connectivity index (χ3n) is 2.74. The summed E-state index contributed by atoms with van der Waals surface area (Å²) in [6, 6.07) is 3.71. The third kappa shape index (κ3) is 3.36. The molecule has 1 N–H and O–H groups in total. The van der Waals surface area contributed by atoms with Crippen LogP contribution in [0.15, 0.2) is 24.3 Å². The molecule has 1 aromatic rings. The van der Waals surface area contributed by atoms with Crippen LogP contribution in [0, 0.1) is 0 Å². The first-order chi connectivity index (χ1) is 10.6. The van der Waals surface area contributed by atoms with Gasteiger partial charge in [-0.05, 0) is 12.1 Å². The highest BCUT2D eigenvalue weighted by atomic mass is 19.4. The number of ether oxygens (including phenoxy) is 1. The maximum atomic E-state index is 13.2. The molecule has 0 heterocycles. The van der Waals surface area contributed by atoms with Crippen molar-refractivity contribution in [2.45, 2.75) is 23.9 Å². The monoisotopic (exact) mass is 370 g/mol. The van der Waals surface area contributed by atoms with E-state index in [1.807, 2.05) is 0 Å². The summed E-state index contributed by atoms with van der Waals surface area (Å²) in [6.45, 7) is -2.60. The van der Waals surface area contributed by atoms with Crippen molar-refractivity contribution in [1.29, 1.82) is 0 Å². The van der Waals surface area contributed by atoms with Gasteiger partial charge in [0.25, 0.3) is 0 Å². The summed E-state index contributed by atoms with van der Waals surface area (Å²) in [5, 5.41) is 8.71. The Bertz CT molecular complexity index is 610. The molecule has 0 unspecified atom stereocenters. The van der Waals surface area contributed by atoms with Gasteiger partial charge in [0, 0.05) is 0 Å². The summed E-state index contributed by atoms with van der Waals surface area (Å²) in [6.07, 6.45) is -6.93. The molecule has 0 spiro atoms. The molecule has 0 atom stereocenters. The van der Waals surface area contributed by atoms with Gasteiger partial charge in [-0.15, -0.1) is 0 Å². The zero-order valence-electron chi connectivity index (χ0n) is 11.2. The predicted octanol–water partition coefficient (Wildman–Crippen LogP) is 4.23. The van der Waals surface area contributed by atoms with E-state index in [0.29, 0.717) is 0 Å². The Balaban J connectivity index is 3.08. The van der Waals surface area contributed by atoms with E-state index in [9.17, 15) is 44.3 Å². The zero-order valence-corrected chi connectivity index (χ0v) is 11.2. The second-order valence-electron chi connectivity index (χ2n) is 4.44. The van der Waals surface area contributed by atoms with Crippen LogP contribution in [0.1, 0.15) is 10.4 Å².